The van der Waals surface area contributed by atoms with Crippen molar-refractivity contribution >= 4 is 11.8 Å². The minimum absolute atomic E-state index is 0.0386. The Bertz CT molecular complexity index is 1290. The van der Waals surface area contributed by atoms with Crippen LogP contribution in [0.25, 0.3) is 11.1 Å². The maximum Gasteiger partial charge on any atom is 0.253 e. The van der Waals surface area contributed by atoms with Gasteiger partial charge in [0.1, 0.15) is 18.7 Å². The van der Waals surface area contributed by atoms with Crippen LogP contribution in [0.2, 0.25) is 0 Å². The molecular formula is C31H37N5O3. The van der Waals surface area contributed by atoms with Crippen LogP contribution >= 0.6 is 0 Å². The summed E-state index contributed by atoms with van der Waals surface area (Å²) in [5.74, 6) is 1.29. The molecule has 2 aliphatic rings. The molecule has 8 nitrogen and oxygen atoms in total. The summed E-state index contributed by atoms with van der Waals surface area (Å²) in [5.41, 5.74) is 4.62. The maximum atomic E-state index is 13.4. The van der Waals surface area contributed by atoms with Gasteiger partial charge in [0, 0.05) is 56.5 Å². The Labute approximate surface area is 230 Å². The molecule has 0 aliphatic carbocycles. The van der Waals surface area contributed by atoms with Gasteiger partial charge in [-0.1, -0.05) is 18.2 Å². The Kier molecular flexibility index (Phi) is 8.51. The highest BCUT2D eigenvalue weighted by Gasteiger charge is 2.24. The summed E-state index contributed by atoms with van der Waals surface area (Å²) in [6.45, 7) is 3.89. The van der Waals surface area contributed by atoms with Crippen molar-refractivity contribution in [2.45, 2.75) is 25.7 Å². The van der Waals surface area contributed by atoms with Crippen LogP contribution in [0.4, 0.5) is 0 Å². The molecule has 5 rings (SSSR count). The van der Waals surface area contributed by atoms with E-state index in [-0.39, 0.29) is 11.8 Å². The predicted molar refractivity (Wildman–Crippen MR) is 151 cm³/mol. The van der Waals surface area contributed by atoms with E-state index < -0.39 is 0 Å². The standard InChI is InChI=1S/C31H37N5O3/c1-34-10-8-23(9-11-34)18-30(37)36-13-12-35(2)31(38)26-5-3-4-24(16-26)17-27-19-25(28-20-32-22-33-21-28)6-7-29(27)39-15-14-36/h3-7,16,19-23H,8-15,17-18H2,1-2H3. The van der Waals surface area contributed by atoms with Gasteiger partial charge in [0.2, 0.25) is 5.91 Å². The Morgan fingerprint density at radius 2 is 1.72 bits per heavy atom. The van der Waals surface area contributed by atoms with Crippen LogP contribution < -0.4 is 4.74 Å². The van der Waals surface area contributed by atoms with E-state index in [0.717, 1.165) is 53.9 Å². The van der Waals surface area contributed by atoms with Gasteiger partial charge < -0.3 is 19.4 Å². The normalized spacial score (nSPS) is 17.7. The second-order valence-electron chi connectivity index (χ2n) is 10.7. The second kappa shape index (κ2) is 12.4. The molecule has 1 fully saturated rings. The quantitative estimate of drug-likeness (QED) is 0.516. The van der Waals surface area contributed by atoms with Gasteiger partial charge in [-0.25, -0.2) is 9.97 Å². The molecule has 8 heteroatoms. The fourth-order valence-corrected chi connectivity index (χ4v) is 5.38. The molecule has 2 amide bonds. The van der Waals surface area contributed by atoms with E-state index in [0.29, 0.717) is 50.6 Å². The van der Waals surface area contributed by atoms with Gasteiger partial charge in [0.15, 0.2) is 0 Å². The van der Waals surface area contributed by atoms with Gasteiger partial charge in [-0.15, -0.1) is 0 Å². The third kappa shape index (κ3) is 6.81. The minimum atomic E-state index is -0.0386. The van der Waals surface area contributed by atoms with Crippen LogP contribution in [0.1, 0.15) is 40.7 Å². The number of piperidine rings is 1. The van der Waals surface area contributed by atoms with Crippen LogP contribution in [-0.2, 0) is 11.2 Å². The van der Waals surface area contributed by atoms with E-state index in [1.165, 1.54) is 6.33 Å². The molecule has 3 heterocycles. The van der Waals surface area contributed by atoms with E-state index in [2.05, 4.69) is 28.0 Å². The smallest absolute Gasteiger partial charge is 0.253 e. The molecule has 0 unspecified atom stereocenters. The third-order valence-electron chi connectivity index (χ3n) is 7.85. The SMILES string of the molecule is CN1CCC(CC(=O)N2CCOc3ccc(-c4cncnc4)cc3Cc3cccc(c3)C(=O)N(C)CC2)CC1. The van der Waals surface area contributed by atoms with Gasteiger partial charge >= 0.3 is 0 Å². The summed E-state index contributed by atoms with van der Waals surface area (Å²) in [7, 11) is 3.94. The molecule has 0 spiro atoms. The molecule has 0 atom stereocenters. The number of benzene rings is 2. The summed E-state index contributed by atoms with van der Waals surface area (Å²) in [4.78, 5) is 40.9. The molecule has 0 N–H and O–H groups in total. The second-order valence-corrected chi connectivity index (χ2v) is 10.7. The highest BCUT2D eigenvalue weighted by Crippen LogP contribution is 2.29. The summed E-state index contributed by atoms with van der Waals surface area (Å²) in [6, 6.07) is 13.9. The van der Waals surface area contributed by atoms with Crippen molar-refractivity contribution in [3.63, 3.8) is 0 Å². The lowest BCUT2D eigenvalue weighted by atomic mass is 9.93. The van der Waals surface area contributed by atoms with Gasteiger partial charge in [-0.05, 0) is 79.9 Å². The van der Waals surface area contributed by atoms with Crippen LogP contribution in [0, 0.1) is 5.92 Å². The van der Waals surface area contributed by atoms with E-state index in [1.54, 1.807) is 24.3 Å². The molecule has 3 aromatic rings. The Hall–Kier alpha value is -3.78. The highest BCUT2D eigenvalue weighted by atomic mass is 16.5. The zero-order chi connectivity index (χ0) is 27.2. The Balaban J connectivity index is 1.41. The molecule has 2 aromatic carbocycles. The molecule has 39 heavy (non-hydrogen) atoms. The van der Waals surface area contributed by atoms with Crippen molar-refractivity contribution in [1.29, 1.82) is 0 Å². The topological polar surface area (TPSA) is 78.9 Å². The number of amides is 2. The van der Waals surface area contributed by atoms with Gasteiger partial charge in [0.05, 0.1) is 6.54 Å². The van der Waals surface area contributed by atoms with Gasteiger partial charge in [-0.2, -0.15) is 0 Å². The molecule has 2 aliphatic heterocycles. The third-order valence-corrected chi connectivity index (χ3v) is 7.85. The largest absolute Gasteiger partial charge is 0.491 e. The number of ether oxygens (including phenoxy) is 1. The summed E-state index contributed by atoms with van der Waals surface area (Å²) >= 11 is 0. The lowest BCUT2D eigenvalue weighted by Crippen LogP contribution is -2.42. The first-order valence-electron chi connectivity index (χ1n) is 13.8. The molecule has 0 radical (unpaired) electrons. The van der Waals surface area contributed by atoms with Crippen LogP contribution in [0.15, 0.2) is 61.2 Å². The van der Waals surface area contributed by atoms with Gasteiger partial charge in [0.25, 0.3) is 5.91 Å². The Morgan fingerprint density at radius 1 is 0.923 bits per heavy atom. The van der Waals surface area contributed by atoms with Crippen LogP contribution in [-0.4, -0.2) is 89.9 Å². The number of carbonyl (C=O) groups excluding carboxylic acids is 2. The molecule has 0 saturated carbocycles. The number of likely N-dealkylation sites (N-methyl/N-ethyl adjacent to an activating group) is 1. The van der Waals surface area contributed by atoms with Gasteiger partial charge in [-0.3, -0.25) is 9.59 Å². The van der Waals surface area contributed by atoms with Crippen molar-refractivity contribution in [3.8, 4) is 16.9 Å². The van der Waals surface area contributed by atoms with Crippen molar-refractivity contribution in [2.24, 2.45) is 5.92 Å². The molecule has 1 aromatic heterocycles. The van der Waals surface area contributed by atoms with Crippen molar-refractivity contribution in [3.05, 3.63) is 77.9 Å². The van der Waals surface area contributed by atoms with Crippen LogP contribution in [0.5, 0.6) is 5.75 Å². The fraction of sp³-hybridized carbons (Fsp3) is 0.419. The number of nitrogens with zero attached hydrogens (tertiary/aromatic N) is 5. The first kappa shape index (κ1) is 26.8. The van der Waals surface area contributed by atoms with E-state index in [1.807, 2.05) is 41.3 Å². The van der Waals surface area contributed by atoms with Crippen LogP contribution in [0.3, 0.4) is 0 Å². The van der Waals surface area contributed by atoms with E-state index in [9.17, 15) is 9.59 Å². The lowest BCUT2D eigenvalue weighted by Gasteiger charge is -2.31. The first-order valence-corrected chi connectivity index (χ1v) is 13.8. The highest BCUT2D eigenvalue weighted by molar-refractivity contribution is 5.94. The average molecular weight is 528 g/mol. The number of hydrogen-bond donors (Lipinski definition) is 0. The number of fused-ring (bicyclic) bond motifs is 3. The summed E-state index contributed by atoms with van der Waals surface area (Å²) in [6.07, 6.45) is 8.36. The zero-order valence-corrected chi connectivity index (χ0v) is 22.9. The number of likely N-dealkylation sites (tertiary alicyclic amines) is 1. The Morgan fingerprint density at radius 3 is 2.51 bits per heavy atom. The molecule has 2 bridgehead atoms. The average Bonchev–Trinajstić information content (AvgIpc) is 2.96. The van der Waals surface area contributed by atoms with E-state index in [4.69, 9.17) is 4.74 Å². The monoisotopic (exact) mass is 527 g/mol. The van der Waals surface area contributed by atoms with Crippen molar-refractivity contribution < 1.29 is 14.3 Å². The number of rotatable bonds is 3. The first-order chi connectivity index (χ1) is 19.0. The minimum Gasteiger partial charge on any atom is -0.491 e. The maximum absolute atomic E-state index is 13.4. The number of hydrogen-bond acceptors (Lipinski definition) is 6. The molecule has 204 valence electrons. The fourth-order valence-electron chi connectivity index (χ4n) is 5.38. The molecule has 1 saturated heterocycles. The number of carbonyl (C=O) groups is 2. The zero-order valence-electron chi connectivity index (χ0n) is 22.9. The van der Waals surface area contributed by atoms with E-state index >= 15 is 0 Å². The predicted octanol–water partition coefficient (Wildman–Crippen LogP) is 3.76. The number of aromatic nitrogens is 2. The van der Waals surface area contributed by atoms with Crippen molar-refractivity contribution in [1.82, 2.24) is 24.7 Å². The molecular weight excluding hydrogens is 490 g/mol. The lowest BCUT2D eigenvalue weighted by molar-refractivity contribution is -0.133. The summed E-state index contributed by atoms with van der Waals surface area (Å²) < 4.78 is 6.32. The summed E-state index contributed by atoms with van der Waals surface area (Å²) in [5, 5.41) is 0. The van der Waals surface area contributed by atoms with Crippen molar-refractivity contribution in [2.75, 3.05) is 53.4 Å².